The third-order valence-corrected chi connectivity index (χ3v) is 6.21. The zero-order valence-electron chi connectivity index (χ0n) is 18.8. The van der Waals surface area contributed by atoms with Crippen LogP contribution in [0.25, 0.3) is 16.6 Å². The lowest BCUT2D eigenvalue weighted by Gasteiger charge is -2.32. The number of hydrogen-bond acceptors (Lipinski definition) is 7. The Morgan fingerprint density at radius 1 is 1.17 bits per heavy atom. The standard InChI is InChI=1S/C25H18F3N7O/c1-14-6-2-3-9-18(14)35-22(36)19-16(25(26,27)28)7-4-8-17(19)34-23(35)24(10-5-11-33-24)20-15(12-29)21(30)32-13-31-20/h2-9,11,13,33H,10H2,1H3,(H2,30,31,32)/t24-/m0/s1. The van der Waals surface area contributed by atoms with Gasteiger partial charge in [0.15, 0.2) is 0 Å². The van der Waals surface area contributed by atoms with Crippen LogP contribution in [0.15, 0.2) is 65.9 Å². The van der Waals surface area contributed by atoms with Crippen molar-refractivity contribution >= 4 is 16.7 Å². The van der Waals surface area contributed by atoms with Gasteiger partial charge < -0.3 is 11.1 Å². The van der Waals surface area contributed by atoms with Gasteiger partial charge in [0.05, 0.1) is 27.8 Å². The number of halogens is 3. The van der Waals surface area contributed by atoms with Crippen molar-refractivity contribution in [3.05, 3.63) is 99.6 Å². The number of benzene rings is 2. The number of fused-ring (bicyclic) bond motifs is 1. The molecule has 0 radical (unpaired) electrons. The second kappa shape index (κ2) is 8.20. The highest BCUT2D eigenvalue weighted by molar-refractivity contribution is 5.82. The summed E-state index contributed by atoms with van der Waals surface area (Å²) in [5.41, 5.74) is 3.57. The molecule has 180 valence electrons. The molecule has 1 aliphatic rings. The highest BCUT2D eigenvalue weighted by Crippen LogP contribution is 2.39. The van der Waals surface area contributed by atoms with Crippen LogP contribution < -0.4 is 16.6 Å². The van der Waals surface area contributed by atoms with Gasteiger partial charge in [-0.25, -0.2) is 15.0 Å². The Morgan fingerprint density at radius 2 is 1.94 bits per heavy atom. The molecule has 2 aromatic heterocycles. The highest BCUT2D eigenvalue weighted by Gasteiger charge is 2.44. The van der Waals surface area contributed by atoms with E-state index < -0.39 is 28.2 Å². The van der Waals surface area contributed by atoms with E-state index in [1.165, 1.54) is 18.5 Å². The van der Waals surface area contributed by atoms with E-state index in [-0.39, 0.29) is 34.8 Å². The molecule has 36 heavy (non-hydrogen) atoms. The predicted molar refractivity (Wildman–Crippen MR) is 126 cm³/mol. The summed E-state index contributed by atoms with van der Waals surface area (Å²) in [5.74, 6) is -0.00580. The number of nitrogen functional groups attached to an aromatic ring is 1. The van der Waals surface area contributed by atoms with Crippen molar-refractivity contribution in [2.45, 2.75) is 25.1 Å². The molecule has 0 unspecified atom stereocenters. The number of rotatable bonds is 3. The van der Waals surface area contributed by atoms with Gasteiger partial charge in [0, 0.05) is 6.42 Å². The summed E-state index contributed by atoms with van der Waals surface area (Å²) in [7, 11) is 0. The molecular formula is C25H18F3N7O. The third-order valence-electron chi connectivity index (χ3n) is 6.21. The Kier molecular flexibility index (Phi) is 5.25. The predicted octanol–water partition coefficient (Wildman–Crippen LogP) is 3.71. The fourth-order valence-corrected chi connectivity index (χ4v) is 4.55. The molecule has 8 nitrogen and oxygen atoms in total. The van der Waals surface area contributed by atoms with Crippen LogP contribution in [-0.4, -0.2) is 19.5 Å². The lowest BCUT2D eigenvalue weighted by Crippen LogP contribution is -2.45. The van der Waals surface area contributed by atoms with Crippen molar-refractivity contribution in [2.24, 2.45) is 0 Å². The number of nitriles is 1. The number of hydrogen-bond donors (Lipinski definition) is 2. The van der Waals surface area contributed by atoms with E-state index in [0.717, 1.165) is 10.6 Å². The van der Waals surface area contributed by atoms with Crippen LogP contribution in [0.2, 0.25) is 0 Å². The van der Waals surface area contributed by atoms with Gasteiger partial charge in [-0.15, -0.1) is 0 Å². The van der Waals surface area contributed by atoms with Crippen LogP contribution in [0.1, 0.15) is 34.6 Å². The van der Waals surface area contributed by atoms with Gasteiger partial charge in [-0.1, -0.05) is 30.3 Å². The van der Waals surface area contributed by atoms with E-state index in [4.69, 9.17) is 5.73 Å². The molecular weight excluding hydrogens is 471 g/mol. The molecule has 0 amide bonds. The first kappa shape index (κ1) is 23.0. The molecule has 1 aliphatic heterocycles. The summed E-state index contributed by atoms with van der Waals surface area (Å²) >= 11 is 0. The fourth-order valence-electron chi connectivity index (χ4n) is 4.55. The molecule has 4 aromatic rings. The Morgan fingerprint density at radius 3 is 2.61 bits per heavy atom. The van der Waals surface area contributed by atoms with Crippen molar-refractivity contribution in [1.29, 1.82) is 5.26 Å². The largest absolute Gasteiger partial charge is 0.417 e. The lowest BCUT2D eigenvalue weighted by molar-refractivity contribution is -0.136. The molecule has 11 heteroatoms. The lowest BCUT2D eigenvalue weighted by atomic mass is 9.88. The van der Waals surface area contributed by atoms with E-state index in [9.17, 15) is 23.2 Å². The summed E-state index contributed by atoms with van der Waals surface area (Å²) < 4.78 is 43.0. The number of para-hydroxylation sites is 1. The van der Waals surface area contributed by atoms with Crippen LogP contribution in [0.3, 0.4) is 0 Å². The monoisotopic (exact) mass is 489 g/mol. The molecule has 0 spiro atoms. The van der Waals surface area contributed by atoms with Crippen LogP contribution in [0.4, 0.5) is 19.0 Å². The third kappa shape index (κ3) is 3.38. The topological polar surface area (TPSA) is 123 Å². The minimum Gasteiger partial charge on any atom is -0.382 e. The number of aryl methyl sites for hydroxylation is 1. The summed E-state index contributed by atoms with van der Waals surface area (Å²) in [6.45, 7) is 1.74. The van der Waals surface area contributed by atoms with Crippen molar-refractivity contribution in [3.8, 4) is 11.8 Å². The Bertz CT molecular complexity index is 1640. The highest BCUT2D eigenvalue weighted by atomic mass is 19.4. The van der Waals surface area contributed by atoms with E-state index in [1.54, 1.807) is 43.5 Å². The molecule has 3 heterocycles. The average molecular weight is 489 g/mol. The summed E-state index contributed by atoms with van der Waals surface area (Å²) in [6.07, 6.45) is -0.0210. The Hall–Kier alpha value is -4.72. The van der Waals surface area contributed by atoms with Crippen molar-refractivity contribution in [1.82, 2.24) is 24.8 Å². The van der Waals surface area contributed by atoms with Gasteiger partial charge in [0.25, 0.3) is 5.56 Å². The first-order valence-corrected chi connectivity index (χ1v) is 10.8. The summed E-state index contributed by atoms with van der Waals surface area (Å²) in [4.78, 5) is 26.8. The molecule has 0 saturated carbocycles. The first-order chi connectivity index (χ1) is 17.2. The normalized spacial score (nSPS) is 17.2. The smallest absolute Gasteiger partial charge is 0.382 e. The van der Waals surface area contributed by atoms with E-state index in [0.29, 0.717) is 11.3 Å². The Balaban J connectivity index is 1.98. The minimum absolute atomic E-state index is 0.0246. The van der Waals surface area contributed by atoms with Crippen molar-refractivity contribution in [3.63, 3.8) is 0 Å². The molecule has 2 aromatic carbocycles. The van der Waals surface area contributed by atoms with Gasteiger partial charge in [-0.3, -0.25) is 9.36 Å². The number of anilines is 1. The molecule has 5 rings (SSSR count). The fraction of sp³-hybridized carbons (Fsp3) is 0.160. The molecule has 0 saturated heterocycles. The maximum Gasteiger partial charge on any atom is 0.417 e. The first-order valence-electron chi connectivity index (χ1n) is 10.8. The van der Waals surface area contributed by atoms with E-state index >= 15 is 0 Å². The number of nitrogens with two attached hydrogens (primary N) is 1. The van der Waals surface area contributed by atoms with E-state index in [2.05, 4.69) is 20.3 Å². The molecule has 0 bridgehead atoms. The quantitative estimate of drug-likeness (QED) is 0.450. The van der Waals surface area contributed by atoms with E-state index in [1.807, 2.05) is 6.07 Å². The number of aromatic nitrogens is 4. The van der Waals surface area contributed by atoms with Crippen LogP contribution in [0, 0.1) is 18.3 Å². The minimum atomic E-state index is -4.77. The number of nitrogens with zero attached hydrogens (tertiary/aromatic N) is 5. The van der Waals surface area contributed by atoms with Crippen LogP contribution >= 0.6 is 0 Å². The second-order valence-corrected chi connectivity index (χ2v) is 8.31. The number of alkyl halides is 3. The van der Waals surface area contributed by atoms with Gasteiger partial charge in [0.2, 0.25) is 0 Å². The van der Waals surface area contributed by atoms with Gasteiger partial charge in [-0.2, -0.15) is 18.4 Å². The molecule has 3 N–H and O–H groups in total. The SMILES string of the molecule is Cc1ccccc1-n1c([C@@]2(c3ncnc(N)c3C#N)CC=CN2)nc2cccc(C(F)(F)F)c2c1=O. The zero-order valence-corrected chi connectivity index (χ0v) is 18.8. The summed E-state index contributed by atoms with van der Waals surface area (Å²) in [6, 6.07) is 12.2. The summed E-state index contributed by atoms with van der Waals surface area (Å²) in [5, 5.41) is 12.4. The van der Waals surface area contributed by atoms with Crippen molar-refractivity contribution in [2.75, 3.05) is 5.73 Å². The van der Waals surface area contributed by atoms with Crippen molar-refractivity contribution < 1.29 is 13.2 Å². The zero-order chi connectivity index (χ0) is 25.7. The van der Waals surface area contributed by atoms with Gasteiger partial charge >= 0.3 is 6.18 Å². The second-order valence-electron chi connectivity index (χ2n) is 8.31. The van der Waals surface area contributed by atoms with Gasteiger partial charge in [-0.05, 0) is 36.9 Å². The number of nitrogens with one attached hydrogen (secondary N) is 1. The molecule has 0 fully saturated rings. The Labute approximate surface area is 202 Å². The molecule has 1 atom stereocenters. The maximum atomic E-state index is 14.0. The average Bonchev–Trinajstić information content (AvgIpc) is 3.34. The van der Waals surface area contributed by atoms with Crippen LogP contribution in [0.5, 0.6) is 0 Å². The van der Waals surface area contributed by atoms with Crippen LogP contribution in [-0.2, 0) is 11.7 Å². The van der Waals surface area contributed by atoms with Gasteiger partial charge in [0.1, 0.15) is 35.1 Å². The molecule has 0 aliphatic carbocycles. The maximum absolute atomic E-state index is 14.0.